The zero-order chi connectivity index (χ0) is 18.5. The van der Waals surface area contributed by atoms with Crippen LogP contribution >= 0.6 is 11.6 Å². The Kier molecular flexibility index (Phi) is 5.43. The van der Waals surface area contributed by atoms with Gasteiger partial charge in [0.15, 0.2) is 5.82 Å². The molecule has 0 saturated heterocycles. The average molecular weight is 372 g/mol. The van der Waals surface area contributed by atoms with E-state index in [4.69, 9.17) is 21.1 Å². The summed E-state index contributed by atoms with van der Waals surface area (Å²) in [6.07, 6.45) is 1.79. The van der Waals surface area contributed by atoms with Crippen LogP contribution in [0.4, 0.5) is 5.82 Å². The maximum Gasteiger partial charge on any atom is 0.260 e. The molecule has 134 valence electrons. The van der Waals surface area contributed by atoms with E-state index in [1.807, 2.05) is 24.3 Å². The first-order chi connectivity index (χ1) is 12.6. The maximum atomic E-state index is 12.5. The first-order valence-electron chi connectivity index (χ1n) is 7.90. The fourth-order valence-electron chi connectivity index (χ4n) is 2.51. The number of benzene rings is 2. The molecule has 0 aliphatic heterocycles. The lowest BCUT2D eigenvalue weighted by Crippen LogP contribution is -2.14. The van der Waals surface area contributed by atoms with Crippen molar-refractivity contribution in [3.63, 3.8) is 0 Å². The predicted octanol–water partition coefficient (Wildman–Crippen LogP) is 3.85. The Labute approximate surface area is 156 Å². The number of rotatable bonds is 6. The molecule has 1 heterocycles. The molecule has 0 aliphatic rings. The van der Waals surface area contributed by atoms with Crippen molar-refractivity contribution in [3.05, 3.63) is 70.9 Å². The van der Waals surface area contributed by atoms with Crippen LogP contribution in [0.15, 0.2) is 54.7 Å². The van der Waals surface area contributed by atoms with Gasteiger partial charge < -0.3 is 14.8 Å². The summed E-state index contributed by atoms with van der Waals surface area (Å²) in [4.78, 5) is 12.5. The first-order valence-corrected chi connectivity index (χ1v) is 8.28. The largest absolute Gasteiger partial charge is 0.497 e. The van der Waals surface area contributed by atoms with E-state index in [0.29, 0.717) is 34.4 Å². The van der Waals surface area contributed by atoms with Crippen molar-refractivity contribution in [1.82, 2.24) is 9.78 Å². The van der Waals surface area contributed by atoms with Gasteiger partial charge in [-0.25, -0.2) is 0 Å². The van der Waals surface area contributed by atoms with Gasteiger partial charge in [0.25, 0.3) is 5.91 Å². The molecule has 6 nitrogen and oxygen atoms in total. The predicted molar refractivity (Wildman–Crippen MR) is 100 cm³/mol. The van der Waals surface area contributed by atoms with Crippen LogP contribution in [0.3, 0.4) is 0 Å². The fraction of sp³-hybridized carbons (Fsp3) is 0.158. The molecule has 1 aromatic heterocycles. The highest BCUT2D eigenvalue weighted by Crippen LogP contribution is 2.25. The second-order valence-electron chi connectivity index (χ2n) is 5.55. The van der Waals surface area contributed by atoms with Crippen molar-refractivity contribution < 1.29 is 14.3 Å². The Morgan fingerprint density at radius 3 is 2.73 bits per heavy atom. The topological polar surface area (TPSA) is 65.4 Å². The molecule has 3 rings (SSSR count). The molecular formula is C19H18ClN3O3. The van der Waals surface area contributed by atoms with Gasteiger partial charge in [-0.05, 0) is 29.8 Å². The van der Waals surface area contributed by atoms with Gasteiger partial charge in [-0.15, -0.1) is 0 Å². The summed E-state index contributed by atoms with van der Waals surface area (Å²) in [6.45, 7) is 0.558. The lowest BCUT2D eigenvalue weighted by molar-refractivity contribution is 0.102. The average Bonchev–Trinajstić information content (AvgIpc) is 3.07. The van der Waals surface area contributed by atoms with E-state index in [1.165, 1.54) is 7.11 Å². The molecule has 0 radical (unpaired) electrons. The Hall–Kier alpha value is -2.99. The quantitative estimate of drug-likeness (QED) is 0.714. The van der Waals surface area contributed by atoms with E-state index in [1.54, 1.807) is 42.3 Å². The molecule has 0 saturated carbocycles. The van der Waals surface area contributed by atoms with Crippen LogP contribution in [-0.2, 0) is 6.54 Å². The molecule has 3 aromatic rings. The van der Waals surface area contributed by atoms with Crippen molar-refractivity contribution >= 4 is 23.3 Å². The number of aromatic nitrogens is 2. The number of methoxy groups -OCH3 is 2. The lowest BCUT2D eigenvalue weighted by Gasteiger charge is -2.09. The Morgan fingerprint density at radius 2 is 2.00 bits per heavy atom. The zero-order valence-corrected chi connectivity index (χ0v) is 15.2. The van der Waals surface area contributed by atoms with Gasteiger partial charge in [-0.2, -0.15) is 5.10 Å². The van der Waals surface area contributed by atoms with Crippen LogP contribution in [-0.4, -0.2) is 29.9 Å². The van der Waals surface area contributed by atoms with Gasteiger partial charge in [-0.3, -0.25) is 9.48 Å². The summed E-state index contributed by atoms with van der Waals surface area (Å²) < 4.78 is 12.1. The summed E-state index contributed by atoms with van der Waals surface area (Å²) in [5, 5.41) is 7.81. The van der Waals surface area contributed by atoms with Gasteiger partial charge in [0.1, 0.15) is 11.5 Å². The minimum Gasteiger partial charge on any atom is -0.497 e. The van der Waals surface area contributed by atoms with Gasteiger partial charge in [0.05, 0.1) is 26.3 Å². The van der Waals surface area contributed by atoms with Crippen LogP contribution in [0.2, 0.25) is 5.02 Å². The number of nitrogens with zero attached hydrogens (tertiary/aromatic N) is 2. The minimum absolute atomic E-state index is 0.308. The Bertz CT molecular complexity index is 924. The number of anilines is 1. The van der Waals surface area contributed by atoms with Crippen LogP contribution in [0.5, 0.6) is 11.5 Å². The second-order valence-corrected chi connectivity index (χ2v) is 5.99. The summed E-state index contributed by atoms with van der Waals surface area (Å²) in [5.74, 6) is 1.19. The van der Waals surface area contributed by atoms with Crippen molar-refractivity contribution in [1.29, 1.82) is 0 Å². The minimum atomic E-state index is -0.308. The molecule has 26 heavy (non-hydrogen) atoms. The molecule has 0 spiro atoms. The number of amides is 1. The third-order valence-electron chi connectivity index (χ3n) is 3.77. The highest BCUT2D eigenvalue weighted by atomic mass is 35.5. The van der Waals surface area contributed by atoms with Gasteiger partial charge in [-0.1, -0.05) is 23.7 Å². The Morgan fingerprint density at radius 1 is 1.15 bits per heavy atom. The van der Waals surface area contributed by atoms with Crippen LogP contribution in [0.25, 0.3) is 0 Å². The van der Waals surface area contributed by atoms with Crippen molar-refractivity contribution in [2.24, 2.45) is 0 Å². The van der Waals surface area contributed by atoms with Crippen LogP contribution < -0.4 is 14.8 Å². The third-order valence-corrected chi connectivity index (χ3v) is 4.00. The zero-order valence-electron chi connectivity index (χ0n) is 14.4. The summed E-state index contributed by atoms with van der Waals surface area (Å²) in [6, 6.07) is 14.3. The third kappa shape index (κ3) is 4.15. The molecule has 0 aliphatic carbocycles. The number of carbonyl (C=O) groups is 1. The molecule has 7 heteroatoms. The van der Waals surface area contributed by atoms with E-state index < -0.39 is 0 Å². The van der Waals surface area contributed by atoms with Crippen molar-refractivity contribution in [3.8, 4) is 11.5 Å². The maximum absolute atomic E-state index is 12.5. The van der Waals surface area contributed by atoms with Gasteiger partial charge in [0.2, 0.25) is 0 Å². The molecule has 2 aromatic carbocycles. The number of nitrogens with one attached hydrogen (secondary N) is 1. The molecule has 0 bridgehead atoms. The van der Waals surface area contributed by atoms with E-state index >= 15 is 0 Å². The molecule has 0 fully saturated rings. The summed E-state index contributed by atoms with van der Waals surface area (Å²) in [5.41, 5.74) is 1.42. The number of ether oxygens (including phenoxy) is 2. The van der Waals surface area contributed by atoms with E-state index in [9.17, 15) is 4.79 Å². The molecule has 1 amide bonds. The fourth-order valence-corrected chi connectivity index (χ4v) is 2.72. The summed E-state index contributed by atoms with van der Waals surface area (Å²) in [7, 11) is 3.06. The van der Waals surface area contributed by atoms with E-state index in [0.717, 1.165) is 5.56 Å². The number of halogens is 1. The summed E-state index contributed by atoms with van der Waals surface area (Å²) >= 11 is 6.00. The van der Waals surface area contributed by atoms with Crippen LogP contribution in [0, 0.1) is 0 Å². The van der Waals surface area contributed by atoms with Gasteiger partial charge in [0, 0.05) is 23.4 Å². The molecule has 0 unspecified atom stereocenters. The van der Waals surface area contributed by atoms with Crippen molar-refractivity contribution in [2.75, 3.05) is 19.5 Å². The lowest BCUT2D eigenvalue weighted by atomic mass is 10.1. The smallest absolute Gasteiger partial charge is 0.260 e. The normalized spacial score (nSPS) is 10.4. The standard InChI is InChI=1S/C19H18ClN3O3/c1-25-15-6-7-16(17(11-15)26-2)19(24)21-18-8-9-23(22-18)12-13-4-3-5-14(20)10-13/h3-11H,12H2,1-2H3,(H,21,22,24). The SMILES string of the molecule is COc1ccc(C(=O)Nc2ccn(Cc3cccc(Cl)c3)n2)c(OC)c1. The Balaban J connectivity index is 1.72. The molecule has 1 N–H and O–H groups in total. The molecule has 0 atom stereocenters. The van der Waals surface area contributed by atoms with E-state index in [-0.39, 0.29) is 5.91 Å². The number of carbonyl (C=O) groups excluding carboxylic acids is 1. The van der Waals surface area contributed by atoms with E-state index in [2.05, 4.69) is 10.4 Å². The second kappa shape index (κ2) is 7.93. The van der Waals surface area contributed by atoms with Gasteiger partial charge >= 0.3 is 0 Å². The molecular weight excluding hydrogens is 354 g/mol. The first kappa shape index (κ1) is 17.8. The highest BCUT2D eigenvalue weighted by Gasteiger charge is 2.14. The van der Waals surface area contributed by atoms with Crippen molar-refractivity contribution in [2.45, 2.75) is 6.54 Å². The van der Waals surface area contributed by atoms with Crippen LogP contribution in [0.1, 0.15) is 15.9 Å². The number of hydrogen-bond acceptors (Lipinski definition) is 4. The monoisotopic (exact) mass is 371 g/mol. The number of hydrogen-bond donors (Lipinski definition) is 1. The highest BCUT2D eigenvalue weighted by molar-refractivity contribution is 6.30.